The van der Waals surface area contributed by atoms with Crippen LogP contribution in [-0.2, 0) is 26.4 Å². The summed E-state index contributed by atoms with van der Waals surface area (Å²) in [5.74, 6) is -0.246. The van der Waals surface area contributed by atoms with E-state index in [0.29, 0.717) is 30.9 Å². The molecule has 0 spiro atoms. The summed E-state index contributed by atoms with van der Waals surface area (Å²) >= 11 is 0. The minimum Gasteiger partial charge on any atom is -0.338 e. The predicted octanol–water partition coefficient (Wildman–Crippen LogP) is 2.66. The van der Waals surface area contributed by atoms with E-state index in [9.17, 15) is 21.2 Å². The maximum absolute atomic E-state index is 14.3. The molecular weight excluding hydrogens is 495 g/mol. The van der Waals surface area contributed by atoms with Crippen LogP contribution < -0.4 is 21.1 Å². The third-order valence-corrected chi connectivity index (χ3v) is 7.70. The number of nitrogens with two attached hydrogens (primary N) is 1. The van der Waals surface area contributed by atoms with Gasteiger partial charge in [0.15, 0.2) is 11.6 Å². The maximum Gasteiger partial charge on any atom is 0.238 e. The molecule has 13 heteroatoms. The molecule has 0 aliphatic rings. The Morgan fingerprint density at radius 1 is 0.943 bits per heavy atom. The summed E-state index contributed by atoms with van der Waals surface area (Å²) in [6, 6.07) is 12.9. The van der Waals surface area contributed by atoms with Gasteiger partial charge < -0.3 is 16.0 Å². The molecule has 0 amide bonds. The van der Waals surface area contributed by atoms with Gasteiger partial charge in [-0.2, -0.15) is 4.98 Å². The van der Waals surface area contributed by atoms with Crippen LogP contribution in [0.1, 0.15) is 18.9 Å². The highest BCUT2D eigenvalue weighted by Crippen LogP contribution is 2.21. The Labute approximate surface area is 204 Å². The summed E-state index contributed by atoms with van der Waals surface area (Å²) in [6.45, 7) is 2.80. The van der Waals surface area contributed by atoms with Gasteiger partial charge in [-0.05, 0) is 54.9 Å². The van der Waals surface area contributed by atoms with Gasteiger partial charge in [0.05, 0.1) is 16.8 Å². The van der Waals surface area contributed by atoms with E-state index < -0.39 is 25.7 Å². The van der Waals surface area contributed by atoms with Crippen LogP contribution in [0.3, 0.4) is 0 Å². The molecule has 0 unspecified atom stereocenters. The molecule has 0 aliphatic carbocycles. The highest BCUT2D eigenvalue weighted by molar-refractivity contribution is 7.91. The first-order valence-corrected chi connectivity index (χ1v) is 14.1. The Kier molecular flexibility index (Phi) is 8.72. The van der Waals surface area contributed by atoms with E-state index in [1.165, 1.54) is 24.3 Å². The molecule has 35 heavy (non-hydrogen) atoms. The van der Waals surface area contributed by atoms with E-state index in [-0.39, 0.29) is 28.2 Å². The van der Waals surface area contributed by atoms with Crippen molar-refractivity contribution in [2.45, 2.75) is 24.8 Å². The summed E-state index contributed by atoms with van der Waals surface area (Å²) in [5, 5.41) is 14.1. The van der Waals surface area contributed by atoms with Crippen molar-refractivity contribution >= 4 is 43.0 Å². The standard InChI is InChI=1S/C22H27FN6O4S2/c1-2-34(30,31)13-3-12-25-14-16-4-6-17(7-5-16)27-21-20(23)15-26-22(29-21)28-18-8-10-19(11-9-18)35(24,32)33/h4-11,15,25H,2-3,12-14H2,1H3,(H2,24,32,33)(H2,26,27,28,29). The van der Waals surface area contributed by atoms with Gasteiger partial charge in [-0.15, -0.1) is 0 Å². The number of benzene rings is 2. The Balaban J connectivity index is 1.56. The smallest absolute Gasteiger partial charge is 0.238 e. The molecule has 5 N–H and O–H groups in total. The van der Waals surface area contributed by atoms with E-state index in [1.54, 1.807) is 19.1 Å². The second kappa shape index (κ2) is 11.5. The number of sulfonamides is 1. The molecule has 0 saturated carbocycles. The second-order valence-electron chi connectivity index (χ2n) is 7.67. The highest BCUT2D eigenvalue weighted by atomic mass is 32.2. The third kappa shape index (κ3) is 8.24. The number of primary sulfonamides is 1. The van der Waals surface area contributed by atoms with E-state index in [1.807, 2.05) is 12.1 Å². The monoisotopic (exact) mass is 522 g/mol. The first kappa shape index (κ1) is 26.5. The van der Waals surface area contributed by atoms with Crippen molar-refractivity contribution in [2.24, 2.45) is 5.14 Å². The molecule has 2 aromatic carbocycles. The molecule has 0 bridgehead atoms. The number of anilines is 4. The summed E-state index contributed by atoms with van der Waals surface area (Å²) in [7, 11) is -6.75. The van der Waals surface area contributed by atoms with Crippen molar-refractivity contribution in [3.8, 4) is 0 Å². The van der Waals surface area contributed by atoms with Crippen LogP contribution in [0.2, 0.25) is 0 Å². The fourth-order valence-corrected chi connectivity index (χ4v) is 4.40. The number of nitrogens with zero attached hydrogens (tertiary/aromatic N) is 2. The van der Waals surface area contributed by atoms with Crippen LogP contribution in [0.15, 0.2) is 59.6 Å². The van der Waals surface area contributed by atoms with Crippen molar-refractivity contribution in [3.63, 3.8) is 0 Å². The van der Waals surface area contributed by atoms with Crippen LogP contribution >= 0.6 is 0 Å². The minimum absolute atomic E-state index is 0.0338. The summed E-state index contributed by atoms with van der Waals surface area (Å²) < 4.78 is 60.0. The van der Waals surface area contributed by atoms with Gasteiger partial charge in [-0.25, -0.2) is 31.3 Å². The van der Waals surface area contributed by atoms with Gasteiger partial charge >= 0.3 is 0 Å². The normalized spacial score (nSPS) is 11.9. The number of rotatable bonds is 12. The molecule has 0 atom stereocenters. The average molecular weight is 523 g/mol. The number of sulfone groups is 1. The van der Waals surface area contributed by atoms with Crippen LogP contribution in [0.5, 0.6) is 0 Å². The Hall–Kier alpha value is -3.13. The molecule has 188 valence electrons. The zero-order valence-corrected chi connectivity index (χ0v) is 20.7. The van der Waals surface area contributed by atoms with Gasteiger partial charge in [0.2, 0.25) is 16.0 Å². The zero-order chi connectivity index (χ0) is 25.5. The molecule has 0 saturated heterocycles. The van der Waals surface area contributed by atoms with Crippen LogP contribution in [0.4, 0.5) is 27.5 Å². The lowest BCUT2D eigenvalue weighted by molar-refractivity contribution is 0.589. The van der Waals surface area contributed by atoms with Crippen LogP contribution in [0, 0.1) is 5.82 Å². The maximum atomic E-state index is 14.3. The molecule has 10 nitrogen and oxygen atoms in total. The number of hydrogen-bond acceptors (Lipinski definition) is 9. The predicted molar refractivity (Wildman–Crippen MR) is 133 cm³/mol. The summed E-state index contributed by atoms with van der Waals surface area (Å²) in [6.07, 6.45) is 1.57. The quantitative estimate of drug-likeness (QED) is 0.263. The molecule has 3 aromatic rings. The second-order valence-corrected chi connectivity index (χ2v) is 11.7. The number of hydrogen-bond donors (Lipinski definition) is 4. The van der Waals surface area contributed by atoms with Crippen LogP contribution in [-0.4, -0.2) is 44.9 Å². The molecule has 3 rings (SSSR count). The lowest BCUT2D eigenvalue weighted by Gasteiger charge is -2.11. The van der Waals surface area contributed by atoms with Crippen molar-refractivity contribution in [2.75, 3.05) is 28.7 Å². The highest BCUT2D eigenvalue weighted by Gasteiger charge is 2.10. The molecule has 0 radical (unpaired) electrons. The molecular formula is C22H27FN6O4S2. The van der Waals surface area contributed by atoms with Gasteiger partial charge in [0.1, 0.15) is 9.84 Å². The third-order valence-electron chi connectivity index (χ3n) is 4.98. The summed E-state index contributed by atoms with van der Waals surface area (Å²) in [4.78, 5) is 8.01. The number of aromatic nitrogens is 2. The molecule has 0 fully saturated rings. The largest absolute Gasteiger partial charge is 0.338 e. The number of nitrogens with one attached hydrogen (secondary N) is 3. The lowest BCUT2D eigenvalue weighted by Crippen LogP contribution is -2.19. The lowest BCUT2D eigenvalue weighted by atomic mass is 10.2. The summed E-state index contributed by atoms with van der Waals surface area (Å²) in [5.41, 5.74) is 2.10. The van der Waals surface area contributed by atoms with Gasteiger partial charge in [0.25, 0.3) is 0 Å². The fourth-order valence-electron chi connectivity index (χ4n) is 3.01. The van der Waals surface area contributed by atoms with Gasteiger partial charge in [-0.1, -0.05) is 19.1 Å². The van der Waals surface area contributed by atoms with Gasteiger partial charge in [-0.3, -0.25) is 0 Å². The fraction of sp³-hybridized carbons (Fsp3) is 0.273. The molecule has 0 aliphatic heterocycles. The number of halogens is 1. The Morgan fingerprint density at radius 3 is 2.20 bits per heavy atom. The van der Waals surface area contributed by atoms with Gasteiger partial charge in [0, 0.05) is 23.7 Å². The first-order chi connectivity index (χ1) is 16.6. The van der Waals surface area contributed by atoms with E-state index >= 15 is 0 Å². The van der Waals surface area contributed by atoms with Crippen molar-refractivity contribution in [1.29, 1.82) is 0 Å². The van der Waals surface area contributed by atoms with E-state index in [2.05, 4.69) is 25.9 Å². The van der Waals surface area contributed by atoms with E-state index in [0.717, 1.165) is 11.8 Å². The first-order valence-electron chi connectivity index (χ1n) is 10.8. The van der Waals surface area contributed by atoms with Crippen molar-refractivity contribution in [3.05, 3.63) is 66.1 Å². The SMILES string of the molecule is CCS(=O)(=O)CCCNCc1ccc(Nc2nc(Nc3ccc(S(N)(=O)=O)cc3)ncc2F)cc1. The van der Waals surface area contributed by atoms with Crippen LogP contribution in [0.25, 0.3) is 0 Å². The Morgan fingerprint density at radius 2 is 1.57 bits per heavy atom. The van der Waals surface area contributed by atoms with E-state index in [4.69, 9.17) is 5.14 Å². The molecule has 1 aromatic heterocycles. The van der Waals surface area contributed by atoms with Crippen molar-refractivity contribution < 1.29 is 21.2 Å². The Bertz CT molecular complexity index is 1350. The minimum atomic E-state index is -3.80. The van der Waals surface area contributed by atoms with Crippen molar-refractivity contribution in [1.82, 2.24) is 15.3 Å². The zero-order valence-electron chi connectivity index (χ0n) is 19.0. The molecule has 1 heterocycles. The average Bonchev–Trinajstić information content (AvgIpc) is 2.82. The topological polar surface area (TPSA) is 156 Å².